The van der Waals surface area contributed by atoms with Gasteiger partial charge in [0.15, 0.2) is 0 Å². The minimum atomic E-state index is 0.473. The van der Waals surface area contributed by atoms with E-state index in [4.69, 9.17) is 0 Å². The van der Waals surface area contributed by atoms with E-state index in [1.54, 1.807) is 0 Å². The second-order valence-corrected chi connectivity index (χ2v) is 9.29. The van der Waals surface area contributed by atoms with Gasteiger partial charge < -0.3 is 0 Å². The predicted octanol–water partition coefficient (Wildman–Crippen LogP) is 8.49. The van der Waals surface area contributed by atoms with Crippen molar-refractivity contribution in [3.8, 4) is 0 Å². The molecule has 0 nitrogen and oxygen atoms in total. The van der Waals surface area contributed by atoms with Gasteiger partial charge in [-0.25, -0.2) is 0 Å². The average molecular weight is 395 g/mol. The van der Waals surface area contributed by atoms with Gasteiger partial charge in [-0.05, 0) is 95.0 Å². The fourth-order valence-electron chi connectivity index (χ4n) is 4.43. The first kappa shape index (κ1) is 20.7. The smallest absolute Gasteiger partial charge is 0.00754 e. The highest BCUT2D eigenvalue weighted by Gasteiger charge is 2.16. The molecule has 0 spiro atoms. The second kappa shape index (κ2) is 9.04. The molecule has 3 aliphatic carbocycles. The lowest BCUT2D eigenvalue weighted by Gasteiger charge is -2.19. The molecule has 0 saturated heterocycles. The predicted molar refractivity (Wildman–Crippen MR) is 133 cm³/mol. The van der Waals surface area contributed by atoms with E-state index < -0.39 is 0 Å². The molecule has 0 heterocycles. The number of hydrogen-bond acceptors (Lipinski definition) is 0. The van der Waals surface area contributed by atoms with Crippen LogP contribution in [0.4, 0.5) is 0 Å². The van der Waals surface area contributed by atoms with Gasteiger partial charge in [-0.15, -0.1) is 0 Å². The van der Waals surface area contributed by atoms with Crippen LogP contribution in [-0.2, 0) is 0 Å². The fraction of sp³-hybridized carbons (Fsp3) is 0.333. The fourth-order valence-corrected chi connectivity index (χ4v) is 4.43. The summed E-state index contributed by atoms with van der Waals surface area (Å²) in [6, 6.07) is 4.82. The number of benzene rings is 1. The van der Waals surface area contributed by atoms with Gasteiger partial charge >= 0.3 is 0 Å². The van der Waals surface area contributed by atoms with Crippen molar-refractivity contribution in [1.82, 2.24) is 0 Å². The van der Waals surface area contributed by atoms with E-state index in [0.29, 0.717) is 17.8 Å². The van der Waals surface area contributed by atoms with Crippen LogP contribution in [0.15, 0.2) is 79.0 Å². The third-order valence-corrected chi connectivity index (χ3v) is 6.52. The first-order valence-electron chi connectivity index (χ1n) is 11.5. The molecule has 4 rings (SSSR count). The Morgan fingerprint density at radius 1 is 0.733 bits per heavy atom. The third kappa shape index (κ3) is 4.59. The summed E-state index contributed by atoms with van der Waals surface area (Å²) in [5, 5.41) is 0. The summed E-state index contributed by atoms with van der Waals surface area (Å²) in [7, 11) is 0. The Morgan fingerprint density at radius 3 is 2.23 bits per heavy atom. The molecule has 0 bridgehead atoms. The first-order valence-corrected chi connectivity index (χ1v) is 11.5. The van der Waals surface area contributed by atoms with Crippen LogP contribution in [0.1, 0.15) is 62.3 Å². The Hall–Kier alpha value is -2.60. The minimum absolute atomic E-state index is 0.473. The summed E-state index contributed by atoms with van der Waals surface area (Å²) in [5.41, 5.74) is 9.44. The molecular weight excluding hydrogens is 360 g/mol. The Labute approximate surface area is 182 Å². The molecule has 0 fully saturated rings. The molecule has 0 N–H and O–H groups in total. The van der Waals surface area contributed by atoms with E-state index in [9.17, 15) is 0 Å². The van der Waals surface area contributed by atoms with E-state index in [-0.39, 0.29) is 0 Å². The molecule has 1 aromatic rings. The molecule has 154 valence electrons. The lowest BCUT2D eigenvalue weighted by atomic mass is 9.85. The van der Waals surface area contributed by atoms with Gasteiger partial charge in [-0.1, -0.05) is 87.6 Å². The van der Waals surface area contributed by atoms with Crippen molar-refractivity contribution in [2.75, 3.05) is 0 Å². The van der Waals surface area contributed by atoms with Gasteiger partial charge in [0.1, 0.15) is 0 Å². The van der Waals surface area contributed by atoms with E-state index in [1.807, 2.05) is 0 Å². The Kier molecular flexibility index (Phi) is 6.23. The third-order valence-electron chi connectivity index (χ3n) is 6.52. The van der Waals surface area contributed by atoms with Gasteiger partial charge in [0.25, 0.3) is 0 Å². The average Bonchev–Trinajstić information content (AvgIpc) is 3.09. The van der Waals surface area contributed by atoms with Crippen molar-refractivity contribution in [3.63, 3.8) is 0 Å². The summed E-state index contributed by atoms with van der Waals surface area (Å²) in [6.07, 6.45) is 28.9. The Morgan fingerprint density at radius 2 is 1.47 bits per heavy atom. The maximum absolute atomic E-state index is 2.43. The van der Waals surface area contributed by atoms with Crippen LogP contribution in [0.5, 0.6) is 0 Å². The monoisotopic (exact) mass is 394 g/mol. The lowest BCUT2D eigenvalue weighted by molar-refractivity contribution is 0.607. The van der Waals surface area contributed by atoms with E-state index in [0.717, 1.165) is 19.3 Å². The molecule has 0 heteroatoms. The van der Waals surface area contributed by atoms with Crippen LogP contribution in [0.3, 0.4) is 0 Å². The van der Waals surface area contributed by atoms with Crippen molar-refractivity contribution >= 4 is 16.7 Å². The van der Waals surface area contributed by atoms with Crippen LogP contribution in [0, 0.1) is 24.7 Å². The zero-order valence-electron chi connectivity index (χ0n) is 18.9. The van der Waals surface area contributed by atoms with Crippen molar-refractivity contribution in [2.24, 2.45) is 17.8 Å². The topological polar surface area (TPSA) is 0 Å². The molecule has 0 radical (unpaired) electrons. The zero-order valence-corrected chi connectivity index (χ0v) is 18.9. The summed E-state index contributed by atoms with van der Waals surface area (Å²) in [5.74, 6) is 1.82. The number of hydrogen-bond donors (Lipinski definition) is 0. The Balaban J connectivity index is 1.86. The normalized spacial score (nSPS) is 26.0. The molecule has 0 saturated carbocycles. The Bertz CT molecular complexity index is 1020. The molecule has 0 amide bonds. The number of rotatable bonds is 3. The second-order valence-electron chi connectivity index (χ2n) is 9.29. The highest BCUT2D eigenvalue weighted by molar-refractivity contribution is 5.88. The molecule has 3 unspecified atom stereocenters. The lowest BCUT2D eigenvalue weighted by Crippen LogP contribution is -2.00. The quantitative estimate of drug-likeness (QED) is 0.482. The maximum Gasteiger partial charge on any atom is -0.00754 e. The first-order chi connectivity index (χ1) is 14.5. The summed E-state index contributed by atoms with van der Waals surface area (Å²) < 4.78 is 0. The van der Waals surface area contributed by atoms with Gasteiger partial charge in [0.05, 0.1) is 0 Å². The van der Waals surface area contributed by atoms with Gasteiger partial charge in [0, 0.05) is 0 Å². The molecule has 30 heavy (non-hydrogen) atoms. The molecule has 0 aromatic heterocycles. The number of allylic oxidation sites excluding steroid dienone is 14. The summed E-state index contributed by atoms with van der Waals surface area (Å²) in [4.78, 5) is 0. The van der Waals surface area contributed by atoms with Gasteiger partial charge in [0.2, 0.25) is 0 Å². The van der Waals surface area contributed by atoms with Crippen molar-refractivity contribution in [1.29, 1.82) is 0 Å². The molecule has 0 aliphatic heterocycles. The highest BCUT2D eigenvalue weighted by atomic mass is 14.2. The summed E-state index contributed by atoms with van der Waals surface area (Å²) in [6.45, 7) is 9.14. The van der Waals surface area contributed by atoms with E-state index in [1.165, 1.54) is 39.0 Å². The standard InChI is InChI=1S/C30H34/c1-21-7-5-9-25(15-11-21)28-19-29(26-10-6-8-22(2)12-16-26)24(4)30(20-28)27-17-13-23(3)14-18-27/h5-6,8-10,12-13,15-23H,7,11,14H2,1-4H3. The largest absolute Gasteiger partial charge is 0.0837 e. The van der Waals surface area contributed by atoms with Crippen molar-refractivity contribution in [3.05, 3.63) is 101 Å². The SMILES string of the molecule is Cc1c(C2=CC=CC(C)C=C2)cc(C2=CCC(C)CC=C2)cc1C1=CCC(C)C=C1. The minimum Gasteiger partial charge on any atom is -0.0837 e. The van der Waals surface area contributed by atoms with Crippen molar-refractivity contribution in [2.45, 2.75) is 47.0 Å². The molecule has 3 atom stereocenters. The van der Waals surface area contributed by atoms with Crippen LogP contribution >= 0.6 is 0 Å². The van der Waals surface area contributed by atoms with Crippen molar-refractivity contribution < 1.29 is 0 Å². The summed E-state index contributed by atoms with van der Waals surface area (Å²) >= 11 is 0. The highest BCUT2D eigenvalue weighted by Crippen LogP contribution is 2.36. The van der Waals surface area contributed by atoms with E-state index in [2.05, 4.69) is 107 Å². The zero-order chi connectivity index (χ0) is 21.1. The molecule has 1 aromatic carbocycles. The molecule has 3 aliphatic rings. The van der Waals surface area contributed by atoms with Crippen LogP contribution in [0.25, 0.3) is 16.7 Å². The van der Waals surface area contributed by atoms with Crippen LogP contribution < -0.4 is 0 Å². The molecular formula is C30H34. The van der Waals surface area contributed by atoms with Crippen LogP contribution in [0.2, 0.25) is 0 Å². The van der Waals surface area contributed by atoms with E-state index >= 15 is 0 Å². The van der Waals surface area contributed by atoms with Crippen LogP contribution in [-0.4, -0.2) is 0 Å². The maximum atomic E-state index is 2.43. The van der Waals surface area contributed by atoms with Gasteiger partial charge in [-0.2, -0.15) is 0 Å². The van der Waals surface area contributed by atoms with Gasteiger partial charge in [-0.3, -0.25) is 0 Å².